The summed E-state index contributed by atoms with van der Waals surface area (Å²) in [7, 11) is 0. The van der Waals surface area contributed by atoms with Gasteiger partial charge < -0.3 is 5.11 Å². The molecule has 112 valence electrons. The highest BCUT2D eigenvalue weighted by atomic mass is 16.3. The van der Waals surface area contributed by atoms with Crippen molar-refractivity contribution in [3.8, 4) is 5.75 Å². The third-order valence-corrected chi connectivity index (χ3v) is 6.61. The lowest BCUT2D eigenvalue weighted by Crippen LogP contribution is -2.50. The van der Waals surface area contributed by atoms with Gasteiger partial charge in [-0.3, -0.25) is 4.79 Å². The third-order valence-electron chi connectivity index (χ3n) is 6.61. The fraction of sp³-hybridized carbons (Fsp3) is 0.632. The van der Waals surface area contributed by atoms with Gasteiger partial charge in [0, 0.05) is 11.5 Å². The van der Waals surface area contributed by atoms with Crippen molar-refractivity contribution in [1.29, 1.82) is 0 Å². The summed E-state index contributed by atoms with van der Waals surface area (Å²) in [5.41, 5.74) is 2.01. The Hall–Kier alpha value is -1.31. The molecule has 0 saturated heterocycles. The van der Waals surface area contributed by atoms with Crippen LogP contribution < -0.4 is 0 Å². The summed E-state index contributed by atoms with van der Waals surface area (Å²) in [6, 6.07) is 5.35. The summed E-state index contributed by atoms with van der Waals surface area (Å²) >= 11 is 0. The van der Waals surface area contributed by atoms with E-state index in [4.69, 9.17) is 0 Å². The molecule has 2 fully saturated rings. The molecule has 2 saturated carbocycles. The second-order valence-electron chi connectivity index (χ2n) is 7.80. The smallest absolute Gasteiger partial charge is 0.166 e. The maximum Gasteiger partial charge on any atom is 0.166 e. The molecule has 2 unspecified atom stereocenters. The predicted molar refractivity (Wildman–Crippen MR) is 82.5 cm³/mol. The van der Waals surface area contributed by atoms with Crippen LogP contribution in [0.15, 0.2) is 18.2 Å². The van der Waals surface area contributed by atoms with Gasteiger partial charge in [0.15, 0.2) is 5.78 Å². The van der Waals surface area contributed by atoms with E-state index < -0.39 is 0 Å². The van der Waals surface area contributed by atoms with E-state index in [1.165, 1.54) is 25.7 Å². The van der Waals surface area contributed by atoms with E-state index in [0.717, 1.165) is 23.5 Å². The Morgan fingerprint density at radius 3 is 2.76 bits per heavy atom. The van der Waals surface area contributed by atoms with Crippen molar-refractivity contribution in [2.24, 2.45) is 23.7 Å². The van der Waals surface area contributed by atoms with Gasteiger partial charge in [0.2, 0.25) is 0 Å². The normalized spacial score (nSPS) is 38.2. The van der Waals surface area contributed by atoms with Crippen molar-refractivity contribution in [3.05, 3.63) is 29.3 Å². The lowest BCUT2D eigenvalue weighted by Gasteiger charge is -2.52. The summed E-state index contributed by atoms with van der Waals surface area (Å²) in [6.45, 7) is 4.55. The molecule has 0 aromatic heterocycles. The first-order chi connectivity index (χ1) is 10.0. The maximum absolute atomic E-state index is 13.0. The zero-order chi connectivity index (χ0) is 14.8. The average Bonchev–Trinajstić information content (AvgIpc) is 3.25. The Bertz CT molecular complexity index is 602. The number of ketones is 1. The number of benzene rings is 1. The quantitative estimate of drug-likeness (QED) is 0.878. The highest BCUT2D eigenvalue weighted by Gasteiger charge is 2.53. The molecule has 21 heavy (non-hydrogen) atoms. The summed E-state index contributed by atoms with van der Waals surface area (Å²) < 4.78 is 0. The molecule has 0 radical (unpaired) electrons. The first-order valence-corrected chi connectivity index (χ1v) is 8.38. The second-order valence-corrected chi connectivity index (χ2v) is 7.80. The minimum absolute atomic E-state index is 0.0483. The summed E-state index contributed by atoms with van der Waals surface area (Å²) in [5.74, 6) is 2.67. The molecule has 0 heterocycles. The predicted octanol–water partition coefficient (Wildman–Crippen LogP) is 4.31. The minimum Gasteiger partial charge on any atom is -0.508 e. The van der Waals surface area contributed by atoms with Gasteiger partial charge in [-0.25, -0.2) is 0 Å². The van der Waals surface area contributed by atoms with Crippen LogP contribution in [0.4, 0.5) is 0 Å². The van der Waals surface area contributed by atoms with E-state index in [1.54, 1.807) is 6.07 Å². The lowest BCUT2D eigenvalue weighted by molar-refractivity contribution is 0.0434. The molecule has 2 bridgehead atoms. The number of carbonyl (C=O) groups excluding carboxylic acids is 1. The Balaban J connectivity index is 1.79. The molecule has 1 aromatic rings. The molecule has 3 aliphatic rings. The first kappa shape index (κ1) is 13.4. The Morgan fingerprint density at radius 2 is 2.05 bits per heavy atom. The fourth-order valence-corrected chi connectivity index (χ4v) is 4.96. The molecular formula is C19H24O2. The first-order valence-electron chi connectivity index (χ1n) is 8.38. The number of phenols is 1. The van der Waals surface area contributed by atoms with Gasteiger partial charge in [-0.05, 0) is 66.2 Å². The van der Waals surface area contributed by atoms with Crippen molar-refractivity contribution in [2.45, 2.75) is 51.4 Å². The van der Waals surface area contributed by atoms with Crippen molar-refractivity contribution < 1.29 is 9.90 Å². The molecule has 4 rings (SSSR count). The van der Waals surface area contributed by atoms with Crippen LogP contribution in [-0.2, 0) is 5.41 Å². The van der Waals surface area contributed by atoms with Crippen molar-refractivity contribution in [1.82, 2.24) is 0 Å². The molecule has 0 amide bonds. The van der Waals surface area contributed by atoms with Crippen LogP contribution in [0.5, 0.6) is 5.75 Å². The largest absolute Gasteiger partial charge is 0.508 e. The molecule has 4 atom stereocenters. The number of fused-ring (bicyclic) bond motifs is 4. The minimum atomic E-state index is 0.0483. The van der Waals surface area contributed by atoms with Gasteiger partial charge in [-0.1, -0.05) is 26.7 Å². The Morgan fingerprint density at radius 1 is 1.29 bits per heavy atom. The van der Waals surface area contributed by atoms with Gasteiger partial charge in [0.05, 0.1) is 0 Å². The molecule has 0 spiro atoms. The highest BCUT2D eigenvalue weighted by Crippen LogP contribution is 2.56. The second kappa shape index (κ2) is 4.34. The Kier molecular flexibility index (Phi) is 2.76. The van der Waals surface area contributed by atoms with Gasteiger partial charge in [0.1, 0.15) is 5.75 Å². The SMILES string of the molecule is C[C@H]1C2C(=O)c3ccc(O)cc3[C@]1(C)CCC2CC1CC1. The molecule has 2 heteroatoms. The molecule has 1 aromatic carbocycles. The molecule has 2 nitrogen and oxygen atoms in total. The number of rotatable bonds is 2. The zero-order valence-electron chi connectivity index (χ0n) is 12.9. The van der Waals surface area contributed by atoms with E-state index in [-0.39, 0.29) is 17.1 Å². The number of Topliss-reactive ketones (excluding diaryl/α,β-unsaturated/α-hetero) is 1. The van der Waals surface area contributed by atoms with E-state index in [9.17, 15) is 9.90 Å². The van der Waals surface area contributed by atoms with Crippen LogP contribution in [0.2, 0.25) is 0 Å². The van der Waals surface area contributed by atoms with E-state index >= 15 is 0 Å². The van der Waals surface area contributed by atoms with Gasteiger partial charge in [-0.2, -0.15) is 0 Å². The average molecular weight is 284 g/mol. The molecule has 3 aliphatic carbocycles. The number of hydrogen-bond donors (Lipinski definition) is 1. The number of phenolic OH excluding ortho intramolecular Hbond substituents is 1. The van der Waals surface area contributed by atoms with Crippen LogP contribution in [0.25, 0.3) is 0 Å². The Labute approximate surface area is 126 Å². The molecular weight excluding hydrogens is 260 g/mol. The van der Waals surface area contributed by atoms with Crippen LogP contribution in [-0.4, -0.2) is 10.9 Å². The van der Waals surface area contributed by atoms with Gasteiger partial charge in [0.25, 0.3) is 0 Å². The number of aromatic hydroxyl groups is 1. The fourth-order valence-electron chi connectivity index (χ4n) is 4.96. The molecule has 0 aliphatic heterocycles. The summed E-state index contributed by atoms with van der Waals surface area (Å²) in [6.07, 6.45) is 6.31. The highest BCUT2D eigenvalue weighted by molar-refractivity contribution is 6.01. The zero-order valence-corrected chi connectivity index (χ0v) is 12.9. The van der Waals surface area contributed by atoms with E-state index in [2.05, 4.69) is 13.8 Å². The van der Waals surface area contributed by atoms with Crippen LogP contribution in [0, 0.1) is 23.7 Å². The van der Waals surface area contributed by atoms with E-state index in [1.807, 2.05) is 12.1 Å². The van der Waals surface area contributed by atoms with Crippen LogP contribution >= 0.6 is 0 Å². The summed E-state index contributed by atoms with van der Waals surface area (Å²) in [4.78, 5) is 13.0. The lowest BCUT2D eigenvalue weighted by atomic mass is 9.51. The van der Waals surface area contributed by atoms with Crippen molar-refractivity contribution in [2.75, 3.05) is 0 Å². The monoisotopic (exact) mass is 284 g/mol. The topological polar surface area (TPSA) is 37.3 Å². The molecule has 1 N–H and O–H groups in total. The third kappa shape index (κ3) is 1.88. The standard InChI is InChI=1S/C19H24O2/c1-11-17-13(9-12-3-4-12)7-8-19(11,2)16-10-14(20)5-6-15(16)18(17)21/h5-6,10-13,17,20H,3-4,7-9H2,1-2H3/t11-,13?,17?,19+/m0/s1. The maximum atomic E-state index is 13.0. The van der Waals surface area contributed by atoms with Crippen molar-refractivity contribution in [3.63, 3.8) is 0 Å². The van der Waals surface area contributed by atoms with Crippen molar-refractivity contribution >= 4 is 5.78 Å². The van der Waals surface area contributed by atoms with Crippen LogP contribution in [0.1, 0.15) is 61.9 Å². The number of carbonyl (C=O) groups is 1. The summed E-state index contributed by atoms with van der Waals surface area (Å²) in [5, 5.41) is 9.84. The van der Waals surface area contributed by atoms with Gasteiger partial charge >= 0.3 is 0 Å². The van der Waals surface area contributed by atoms with Crippen LogP contribution in [0.3, 0.4) is 0 Å². The van der Waals surface area contributed by atoms with Gasteiger partial charge in [-0.15, -0.1) is 0 Å². The van der Waals surface area contributed by atoms with E-state index in [0.29, 0.717) is 17.6 Å². The number of hydrogen-bond acceptors (Lipinski definition) is 2.